The molecule has 1 heterocycles. The number of carbonyl (C=O) groups excluding carboxylic acids is 1. The van der Waals surface area contributed by atoms with Gasteiger partial charge in [0.15, 0.2) is 0 Å². The Morgan fingerprint density at radius 1 is 1.17 bits per heavy atom. The molecule has 0 aromatic heterocycles. The third kappa shape index (κ3) is 2.38. The lowest BCUT2D eigenvalue weighted by atomic mass is 9.72. The van der Waals surface area contributed by atoms with Crippen molar-refractivity contribution in [2.45, 2.75) is 18.8 Å². The Kier molecular flexibility index (Phi) is 4.11. The standard InChI is InChI=1S/C20H19NO2/c1-3-14-20(19(22)23-4-2)16-12-8-9-13-17(16)21-18(20)15-10-6-5-7-11-15/h3,5-13H,1,4,14H2,2H3. The number of carbonyl (C=O) groups is 1. The molecule has 3 heteroatoms. The molecule has 0 aliphatic carbocycles. The van der Waals surface area contributed by atoms with Gasteiger partial charge in [0.05, 0.1) is 18.0 Å². The van der Waals surface area contributed by atoms with E-state index in [9.17, 15) is 4.79 Å². The van der Waals surface area contributed by atoms with Crippen molar-refractivity contribution in [2.75, 3.05) is 6.61 Å². The second-order valence-corrected chi connectivity index (χ2v) is 5.46. The van der Waals surface area contributed by atoms with E-state index in [1.807, 2.05) is 61.5 Å². The Morgan fingerprint density at radius 3 is 2.57 bits per heavy atom. The molecule has 0 bridgehead atoms. The van der Waals surface area contributed by atoms with Gasteiger partial charge in [-0.15, -0.1) is 6.58 Å². The Balaban J connectivity index is 2.24. The van der Waals surface area contributed by atoms with E-state index < -0.39 is 5.41 Å². The SMILES string of the molecule is C=CCC1(C(=O)OCC)C(c2ccccc2)=Nc2ccccc21. The molecule has 0 fully saturated rings. The monoisotopic (exact) mass is 305 g/mol. The number of ether oxygens (including phenoxy) is 1. The molecule has 0 radical (unpaired) electrons. The Morgan fingerprint density at radius 2 is 1.87 bits per heavy atom. The molecule has 0 spiro atoms. The molecule has 0 saturated carbocycles. The number of esters is 1. The van der Waals surface area contributed by atoms with Crippen molar-refractivity contribution in [3.05, 3.63) is 78.4 Å². The van der Waals surface area contributed by atoms with Gasteiger partial charge in [-0.3, -0.25) is 9.79 Å². The number of rotatable bonds is 5. The summed E-state index contributed by atoms with van der Waals surface area (Å²) in [4.78, 5) is 17.7. The van der Waals surface area contributed by atoms with Gasteiger partial charge in [0.25, 0.3) is 0 Å². The number of fused-ring (bicyclic) bond motifs is 1. The van der Waals surface area contributed by atoms with Gasteiger partial charge < -0.3 is 4.74 Å². The van der Waals surface area contributed by atoms with Crippen molar-refractivity contribution in [2.24, 2.45) is 4.99 Å². The number of hydrogen-bond acceptors (Lipinski definition) is 3. The van der Waals surface area contributed by atoms with Crippen molar-refractivity contribution in [3.63, 3.8) is 0 Å². The predicted molar refractivity (Wildman–Crippen MR) is 92.2 cm³/mol. The fourth-order valence-electron chi connectivity index (χ4n) is 3.15. The highest BCUT2D eigenvalue weighted by molar-refractivity contribution is 6.23. The molecule has 116 valence electrons. The molecular weight excluding hydrogens is 286 g/mol. The summed E-state index contributed by atoms with van der Waals surface area (Å²) in [6.45, 7) is 6.00. The van der Waals surface area contributed by atoms with Crippen molar-refractivity contribution >= 4 is 17.4 Å². The van der Waals surface area contributed by atoms with Gasteiger partial charge in [0.2, 0.25) is 0 Å². The van der Waals surface area contributed by atoms with E-state index >= 15 is 0 Å². The van der Waals surface area contributed by atoms with Gasteiger partial charge in [0, 0.05) is 5.56 Å². The lowest BCUT2D eigenvalue weighted by Crippen LogP contribution is -2.43. The largest absolute Gasteiger partial charge is 0.465 e. The van der Waals surface area contributed by atoms with Crippen LogP contribution in [0.25, 0.3) is 0 Å². The molecule has 3 nitrogen and oxygen atoms in total. The smallest absolute Gasteiger partial charge is 0.323 e. The summed E-state index contributed by atoms with van der Waals surface area (Å²) in [6.07, 6.45) is 2.22. The van der Waals surface area contributed by atoms with E-state index in [0.29, 0.717) is 13.0 Å². The topological polar surface area (TPSA) is 38.7 Å². The van der Waals surface area contributed by atoms with E-state index in [2.05, 4.69) is 6.58 Å². The van der Waals surface area contributed by atoms with Crippen LogP contribution in [0.15, 0.2) is 72.2 Å². The predicted octanol–water partition coefficient (Wildman–Crippen LogP) is 4.20. The van der Waals surface area contributed by atoms with Crippen LogP contribution in [0.2, 0.25) is 0 Å². The van der Waals surface area contributed by atoms with E-state index in [1.54, 1.807) is 6.08 Å². The summed E-state index contributed by atoms with van der Waals surface area (Å²) in [5, 5.41) is 0. The number of benzene rings is 2. The van der Waals surface area contributed by atoms with E-state index in [-0.39, 0.29) is 5.97 Å². The van der Waals surface area contributed by atoms with Crippen LogP contribution >= 0.6 is 0 Å². The van der Waals surface area contributed by atoms with Gasteiger partial charge in [-0.2, -0.15) is 0 Å². The van der Waals surface area contributed by atoms with Crippen LogP contribution in [0.1, 0.15) is 24.5 Å². The molecule has 1 aliphatic heterocycles. The lowest BCUT2D eigenvalue weighted by molar-refractivity contribution is -0.147. The first kappa shape index (κ1) is 15.2. The maximum Gasteiger partial charge on any atom is 0.323 e. The summed E-state index contributed by atoms with van der Waals surface area (Å²) in [6, 6.07) is 17.5. The zero-order chi connectivity index (χ0) is 16.3. The minimum absolute atomic E-state index is 0.271. The second-order valence-electron chi connectivity index (χ2n) is 5.46. The van der Waals surface area contributed by atoms with Gasteiger partial charge in [0.1, 0.15) is 5.41 Å². The summed E-state index contributed by atoms with van der Waals surface area (Å²) in [5.74, 6) is -0.271. The minimum atomic E-state index is -0.921. The first-order valence-corrected chi connectivity index (χ1v) is 7.76. The van der Waals surface area contributed by atoms with Crippen LogP contribution in [-0.2, 0) is 14.9 Å². The van der Waals surface area contributed by atoms with Gasteiger partial charge in [-0.25, -0.2) is 0 Å². The van der Waals surface area contributed by atoms with Crippen molar-refractivity contribution in [1.82, 2.24) is 0 Å². The lowest BCUT2D eigenvalue weighted by Gasteiger charge is -2.29. The quantitative estimate of drug-likeness (QED) is 0.613. The zero-order valence-corrected chi connectivity index (χ0v) is 13.2. The second kappa shape index (κ2) is 6.21. The average molecular weight is 305 g/mol. The van der Waals surface area contributed by atoms with Gasteiger partial charge in [-0.05, 0) is 25.0 Å². The highest BCUT2D eigenvalue weighted by atomic mass is 16.5. The number of allylic oxidation sites excluding steroid dienone is 1. The molecule has 0 saturated heterocycles. The van der Waals surface area contributed by atoms with Crippen molar-refractivity contribution in [3.8, 4) is 0 Å². The molecule has 1 atom stereocenters. The molecule has 2 aromatic rings. The number of aliphatic imine (C=N–C) groups is 1. The first-order valence-electron chi connectivity index (χ1n) is 7.76. The van der Waals surface area contributed by atoms with Gasteiger partial charge >= 0.3 is 5.97 Å². The Labute approximate surface area is 136 Å². The fourth-order valence-corrected chi connectivity index (χ4v) is 3.15. The molecule has 1 unspecified atom stereocenters. The first-order chi connectivity index (χ1) is 11.2. The highest BCUT2D eigenvalue weighted by Crippen LogP contribution is 2.45. The summed E-state index contributed by atoms with van der Waals surface area (Å²) in [5.41, 5.74) is 2.45. The van der Waals surface area contributed by atoms with Crippen molar-refractivity contribution in [1.29, 1.82) is 0 Å². The maximum atomic E-state index is 13.0. The Hall–Kier alpha value is -2.68. The number of para-hydroxylation sites is 1. The average Bonchev–Trinajstić information content (AvgIpc) is 2.92. The van der Waals surface area contributed by atoms with E-state index in [4.69, 9.17) is 9.73 Å². The van der Waals surface area contributed by atoms with Crippen LogP contribution in [0, 0.1) is 0 Å². The molecular formula is C20H19NO2. The normalized spacial score (nSPS) is 18.9. The Bertz CT molecular complexity index is 764. The van der Waals surface area contributed by atoms with Gasteiger partial charge in [-0.1, -0.05) is 54.6 Å². The molecule has 1 aliphatic rings. The molecule has 3 rings (SSSR count). The van der Waals surface area contributed by atoms with Crippen molar-refractivity contribution < 1.29 is 9.53 Å². The number of hydrogen-bond donors (Lipinski definition) is 0. The molecule has 0 N–H and O–H groups in total. The minimum Gasteiger partial charge on any atom is -0.465 e. The summed E-state index contributed by atoms with van der Waals surface area (Å²) < 4.78 is 5.42. The van der Waals surface area contributed by atoms with E-state index in [0.717, 1.165) is 22.5 Å². The maximum absolute atomic E-state index is 13.0. The number of nitrogens with zero attached hydrogens (tertiary/aromatic N) is 1. The van der Waals surface area contributed by atoms with E-state index in [1.165, 1.54) is 0 Å². The summed E-state index contributed by atoms with van der Waals surface area (Å²) in [7, 11) is 0. The highest BCUT2D eigenvalue weighted by Gasteiger charge is 2.50. The zero-order valence-electron chi connectivity index (χ0n) is 13.2. The van der Waals surface area contributed by atoms with Crippen LogP contribution in [-0.4, -0.2) is 18.3 Å². The summed E-state index contributed by atoms with van der Waals surface area (Å²) >= 11 is 0. The third-order valence-electron chi connectivity index (χ3n) is 4.12. The fraction of sp³-hybridized carbons (Fsp3) is 0.200. The van der Waals surface area contributed by atoms with Crippen LogP contribution in [0.4, 0.5) is 5.69 Å². The molecule has 0 amide bonds. The van der Waals surface area contributed by atoms with Crippen LogP contribution in [0.5, 0.6) is 0 Å². The third-order valence-corrected chi connectivity index (χ3v) is 4.12. The van der Waals surface area contributed by atoms with Crippen LogP contribution in [0.3, 0.4) is 0 Å². The molecule has 2 aromatic carbocycles. The molecule has 23 heavy (non-hydrogen) atoms. The van der Waals surface area contributed by atoms with Crippen LogP contribution < -0.4 is 0 Å².